The number of para-hydroxylation sites is 1. The van der Waals surface area contributed by atoms with Gasteiger partial charge in [-0.15, -0.1) is 0 Å². The number of esters is 1. The molecular weight excluding hydrogens is 276 g/mol. The highest BCUT2D eigenvalue weighted by Crippen LogP contribution is 2.22. The number of ether oxygens (including phenoxy) is 2. The quantitative estimate of drug-likeness (QED) is 0.678. The molecule has 22 heavy (non-hydrogen) atoms. The summed E-state index contributed by atoms with van der Waals surface area (Å²) in [5.74, 6) is 1.39. The fourth-order valence-electron chi connectivity index (χ4n) is 2.22. The van der Waals surface area contributed by atoms with Gasteiger partial charge in [-0.05, 0) is 42.7 Å². The fraction of sp³-hybridized carbons (Fsp3) is 0.316. The molecule has 116 valence electrons. The third-order valence-electron chi connectivity index (χ3n) is 3.58. The number of benzene rings is 2. The van der Waals surface area contributed by atoms with E-state index in [1.165, 1.54) is 0 Å². The van der Waals surface area contributed by atoms with Crippen LogP contribution in [0, 0.1) is 5.92 Å². The lowest BCUT2D eigenvalue weighted by atomic mass is 10.0. The molecule has 0 fully saturated rings. The number of hydrogen-bond donors (Lipinski definition) is 0. The van der Waals surface area contributed by atoms with Crippen LogP contribution in [0.25, 0.3) is 0 Å². The summed E-state index contributed by atoms with van der Waals surface area (Å²) in [5, 5.41) is 0. The monoisotopic (exact) mass is 298 g/mol. The molecule has 0 atom stereocenters. The van der Waals surface area contributed by atoms with E-state index in [9.17, 15) is 4.79 Å². The summed E-state index contributed by atoms with van der Waals surface area (Å²) in [6, 6.07) is 17.2. The van der Waals surface area contributed by atoms with E-state index < -0.39 is 0 Å². The third kappa shape index (κ3) is 4.62. The molecule has 0 saturated carbocycles. The maximum Gasteiger partial charge on any atom is 0.309 e. The molecule has 2 aromatic rings. The van der Waals surface area contributed by atoms with Crippen molar-refractivity contribution in [2.24, 2.45) is 5.92 Å². The van der Waals surface area contributed by atoms with Crippen LogP contribution in [-0.2, 0) is 16.1 Å². The Morgan fingerprint density at radius 1 is 0.955 bits per heavy atom. The Balaban J connectivity index is 1.95. The summed E-state index contributed by atoms with van der Waals surface area (Å²) in [4.78, 5) is 11.9. The van der Waals surface area contributed by atoms with Crippen LogP contribution in [0.3, 0.4) is 0 Å². The lowest BCUT2D eigenvalue weighted by Gasteiger charge is -2.12. The first kappa shape index (κ1) is 16.1. The Hall–Kier alpha value is -2.29. The largest absolute Gasteiger partial charge is 0.461 e. The van der Waals surface area contributed by atoms with E-state index >= 15 is 0 Å². The maximum absolute atomic E-state index is 11.9. The van der Waals surface area contributed by atoms with Crippen LogP contribution < -0.4 is 4.74 Å². The highest BCUT2D eigenvalue weighted by atomic mass is 16.5. The van der Waals surface area contributed by atoms with Gasteiger partial charge in [0, 0.05) is 0 Å². The van der Waals surface area contributed by atoms with Gasteiger partial charge < -0.3 is 9.47 Å². The highest BCUT2D eigenvalue weighted by Gasteiger charge is 2.15. The number of rotatable bonds is 7. The molecule has 0 aromatic heterocycles. The molecule has 0 saturated heterocycles. The molecule has 0 bridgehead atoms. The molecule has 0 aliphatic rings. The lowest BCUT2D eigenvalue weighted by Crippen LogP contribution is -2.16. The van der Waals surface area contributed by atoms with Crippen molar-refractivity contribution < 1.29 is 14.3 Å². The minimum Gasteiger partial charge on any atom is -0.461 e. The van der Waals surface area contributed by atoms with Gasteiger partial charge in [0.1, 0.15) is 18.1 Å². The van der Waals surface area contributed by atoms with Gasteiger partial charge in [-0.25, -0.2) is 0 Å². The molecule has 0 aliphatic carbocycles. The Morgan fingerprint density at radius 2 is 1.64 bits per heavy atom. The van der Waals surface area contributed by atoms with Gasteiger partial charge in [0.2, 0.25) is 0 Å². The zero-order chi connectivity index (χ0) is 15.8. The van der Waals surface area contributed by atoms with E-state index in [4.69, 9.17) is 9.47 Å². The predicted molar refractivity (Wildman–Crippen MR) is 86.8 cm³/mol. The zero-order valence-electron chi connectivity index (χ0n) is 13.1. The fourth-order valence-corrected chi connectivity index (χ4v) is 2.22. The molecule has 0 N–H and O–H groups in total. The van der Waals surface area contributed by atoms with Crippen molar-refractivity contribution in [3.8, 4) is 11.5 Å². The average Bonchev–Trinajstić information content (AvgIpc) is 2.55. The van der Waals surface area contributed by atoms with E-state index in [0.29, 0.717) is 0 Å². The minimum atomic E-state index is -0.126. The van der Waals surface area contributed by atoms with Crippen molar-refractivity contribution in [1.29, 1.82) is 0 Å². The van der Waals surface area contributed by atoms with E-state index in [1.54, 1.807) is 0 Å². The van der Waals surface area contributed by atoms with Crippen molar-refractivity contribution in [2.45, 2.75) is 33.3 Å². The Morgan fingerprint density at radius 3 is 2.32 bits per heavy atom. The first-order chi connectivity index (χ1) is 10.7. The van der Waals surface area contributed by atoms with Crippen molar-refractivity contribution in [1.82, 2.24) is 0 Å². The number of carbonyl (C=O) groups excluding carboxylic acids is 1. The van der Waals surface area contributed by atoms with Crippen LogP contribution in [0.15, 0.2) is 54.6 Å². The molecule has 0 unspecified atom stereocenters. The zero-order valence-corrected chi connectivity index (χ0v) is 13.1. The molecule has 2 aromatic carbocycles. The third-order valence-corrected chi connectivity index (χ3v) is 3.58. The van der Waals surface area contributed by atoms with E-state index in [1.807, 2.05) is 68.4 Å². The van der Waals surface area contributed by atoms with E-state index in [2.05, 4.69) is 0 Å². The number of hydrogen-bond acceptors (Lipinski definition) is 3. The average molecular weight is 298 g/mol. The Labute approximate surface area is 131 Å². The van der Waals surface area contributed by atoms with Crippen LogP contribution in [0.1, 0.15) is 32.3 Å². The normalized spacial score (nSPS) is 10.5. The van der Waals surface area contributed by atoms with Gasteiger partial charge in [-0.3, -0.25) is 4.79 Å². The van der Waals surface area contributed by atoms with Crippen LogP contribution in [0.2, 0.25) is 0 Å². The Kier molecular flexibility index (Phi) is 6.01. The Bertz CT molecular complexity index is 589. The lowest BCUT2D eigenvalue weighted by molar-refractivity contribution is -0.150. The van der Waals surface area contributed by atoms with Crippen molar-refractivity contribution >= 4 is 5.97 Å². The van der Waals surface area contributed by atoms with Crippen molar-refractivity contribution in [3.63, 3.8) is 0 Å². The standard InChI is InChI=1S/C19H22O3/c1-3-16(4-2)19(20)21-14-15-9-8-12-18(13-15)22-17-10-6-5-7-11-17/h5-13,16H,3-4,14H2,1-2H3. The summed E-state index contributed by atoms with van der Waals surface area (Å²) in [6.07, 6.45) is 1.62. The van der Waals surface area contributed by atoms with Gasteiger partial charge in [-0.2, -0.15) is 0 Å². The maximum atomic E-state index is 11.9. The van der Waals surface area contributed by atoms with Gasteiger partial charge in [-0.1, -0.05) is 44.2 Å². The summed E-state index contributed by atoms with van der Waals surface area (Å²) < 4.78 is 11.2. The van der Waals surface area contributed by atoms with Gasteiger partial charge in [0.05, 0.1) is 5.92 Å². The number of carbonyl (C=O) groups is 1. The minimum absolute atomic E-state index is 0.0104. The summed E-state index contributed by atoms with van der Waals surface area (Å²) in [7, 11) is 0. The molecule has 0 heterocycles. The molecule has 0 spiro atoms. The smallest absolute Gasteiger partial charge is 0.309 e. The summed E-state index contributed by atoms with van der Waals surface area (Å²) in [5.41, 5.74) is 0.924. The summed E-state index contributed by atoms with van der Waals surface area (Å²) in [6.45, 7) is 4.29. The highest BCUT2D eigenvalue weighted by molar-refractivity contribution is 5.72. The first-order valence-corrected chi connectivity index (χ1v) is 7.71. The van der Waals surface area contributed by atoms with Crippen LogP contribution >= 0.6 is 0 Å². The SMILES string of the molecule is CCC(CC)C(=O)OCc1cccc(Oc2ccccc2)c1. The molecule has 3 heteroatoms. The van der Waals surface area contributed by atoms with Crippen LogP contribution in [0.4, 0.5) is 0 Å². The summed E-state index contributed by atoms with van der Waals surface area (Å²) >= 11 is 0. The second-order valence-electron chi connectivity index (χ2n) is 5.18. The second-order valence-corrected chi connectivity index (χ2v) is 5.18. The predicted octanol–water partition coefficient (Wildman–Crippen LogP) is 4.96. The van der Waals surface area contributed by atoms with Gasteiger partial charge >= 0.3 is 5.97 Å². The van der Waals surface area contributed by atoms with Gasteiger partial charge in [0.25, 0.3) is 0 Å². The van der Waals surface area contributed by atoms with Crippen molar-refractivity contribution in [3.05, 3.63) is 60.2 Å². The topological polar surface area (TPSA) is 35.5 Å². The molecular formula is C19H22O3. The van der Waals surface area contributed by atoms with E-state index in [-0.39, 0.29) is 18.5 Å². The molecule has 2 rings (SSSR count). The van der Waals surface area contributed by atoms with Crippen LogP contribution in [0.5, 0.6) is 11.5 Å². The van der Waals surface area contributed by atoms with Gasteiger partial charge in [0.15, 0.2) is 0 Å². The molecule has 0 radical (unpaired) electrons. The van der Waals surface area contributed by atoms with Crippen molar-refractivity contribution in [2.75, 3.05) is 0 Å². The molecule has 3 nitrogen and oxygen atoms in total. The first-order valence-electron chi connectivity index (χ1n) is 7.71. The van der Waals surface area contributed by atoms with E-state index in [0.717, 1.165) is 29.9 Å². The molecule has 0 aliphatic heterocycles. The van der Waals surface area contributed by atoms with Crippen LogP contribution in [-0.4, -0.2) is 5.97 Å². The second kappa shape index (κ2) is 8.23. The molecule has 0 amide bonds.